The Labute approximate surface area is 158 Å². The number of nitrogens with zero attached hydrogens (tertiary/aromatic N) is 3. The lowest BCUT2D eigenvalue weighted by atomic mass is 9.94. The standard InChI is InChI=1S/C20H27N3O4/c1-20(2,3)18(25)23-9-5-8-22(10-11-23)17(24)13-14-6-7-16-15(12-14)21(4)19(26)27-16/h6-7,12H,5,8-11,13H2,1-4H3. The molecular weight excluding hydrogens is 346 g/mol. The van der Waals surface area contributed by atoms with Gasteiger partial charge in [-0.3, -0.25) is 14.2 Å². The van der Waals surface area contributed by atoms with Gasteiger partial charge in [-0.05, 0) is 24.1 Å². The summed E-state index contributed by atoms with van der Waals surface area (Å²) in [5, 5.41) is 0. The van der Waals surface area contributed by atoms with Crippen molar-refractivity contribution in [2.45, 2.75) is 33.6 Å². The number of oxazole rings is 1. The molecule has 0 spiro atoms. The Morgan fingerprint density at radius 3 is 2.44 bits per heavy atom. The molecule has 0 bridgehead atoms. The van der Waals surface area contributed by atoms with Gasteiger partial charge < -0.3 is 14.2 Å². The Morgan fingerprint density at radius 2 is 1.74 bits per heavy atom. The van der Waals surface area contributed by atoms with Crippen molar-refractivity contribution in [2.24, 2.45) is 12.5 Å². The van der Waals surface area contributed by atoms with Crippen molar-refractivity contribution in [3.63, 3.8) is 0 Å². The van der Waals surface area contributed by atoms with Gasteiger partial charge in [0.05, 0.1) is 11.9 Å². The summed E-state index contributed by atoms with van der Waals surface area (Å²) >= 11 is 0. The first-order valence-electron chi connectivity index (χ1n) is 9.32. The molecule has 0 N–H and O–H groups in total. The topological polar surface area (TPSA) is 75.8 Å². The highest BCUT2D eigenvalue weighted by Crippen LogP contribution is 2.19. The molecule has 2 heterocycles. The Bertz CT molecular complexity index is 919. The fourth-order valence-corrected chi connectivity index (χ4v) is 3.41. The first kappa shape index (κ1) is 19.2. The summed E-state index contributed by atoms with van der Waals surface area (Å²) in [5.74, 6) is -0.249. The van der Waals surface area contributed by atoms with Crippen LogP contribution in [-0.4, -0.2) is 52.4 Å². The zero-order valence-electron chi connectivity index (χ0n) is 16.4. The smallest absolute Gasteiger partial charge is 0.408 e. The zero-order chi connectivity index (χ0) is 19.8. The van der Waals surface area contributed by atoms with Gasteiger partial charge in [-0.15, -0.1) is 0 Å². The second-order valence-electron chi connectivity index (χ2n) is 8.18. The summed E-state index contributed by atoms with van der Waals surface area (Å²) in [6, 6.07) is 5.37. The van der Waals surface area contributed by atoms with Gasteiger partial charge in [0.2, 0.25) is 11.8 Å². The third-order valence-electron chi connectivity index (χ3n) is 4.99. The maximum Gasteiger partial charge on any atom is 0.419 e. The average molecular weight is 373 g/mol. The van der Waals surface area contributed by atoms with E-state index in [9.17, 15) is 14.4 Å². The van der Waals surface area contributed by atoms with Crippen LogP contribution in [-0.2, 0) is 23.1 Å². The van der Waals surface area contributed by atoms with Crippen molar-refractivity contribution in [1.29, 1.82) is 0 Å². The Balaban J connectivity index is 1.67. The number of rotatable bonds is 2. The zero-order valence-corrected chi connectivity index (χ0v) is 16.4. The minimum atomic E-state index is -0.412. The highest BCUT2D eigenvalue weighted by molar-refractivity contribution is 5.83. The molecule has 1 aromatic heterocycles. The van der Waals surface area contributed by atoms with Gasteiger partial charge in [0.25, 0.3) is 0 Å². The van der Waals surface area contributed by atoms with Gasteiger partial charge in [-0.25, -0.2) is 4.79 Å². The molecule has 2 aromatic rings. The molecule has 0 atom stereocenters. The van der Waals surface area contributed by atoms with E-state index in [2.05, 4.69) is 0 Å². The molecule has 146 valence electrons. The third kappa shape index (κ3) is 4.07. The molecule has 27 heavy (non-hydrogen) atoms. The predicted molar refractivity (Wildman–Crippen MR) is 102 cm³/mol. The van der Waals surface area contributed by atoms with Crippen LogP contribution in [0, 0.1) is 5.41 Å². The van der Waals surface area contributed by atoms with E-state index in [4.69, 9.17) is 4.42 Å². The molecule has 0 radical (unpaired) electrons. The Hall–Kier alpha value is -2.57. The molecule has 1 fully saturated rings. The molecule has 1 aromatic carbocycles. The van der Waals surface area contributed by atoms with Crippen LogP contribution in [0.3, 0.4) is 0 Å². The largest absolute Gasteiger partial charge is 0.419 e. The fourth-order valence-electron chi connectivity index (χ4n) is 3.41. The van der Waals surface area contributed by atoms with E-state index in [0.29, 0.717) is 37.3 Å². The van der Waals surface area contributed by atoms with Crippen LogP contribution < -0.4 is 5.76 Å². The fraction of sp³-hybridized carbons (Fsp3) is 0.550. The van der Waals surface area contributed by atoms with Gasteiger partial charge in [0.15, 0.2) is 5.58 Å². The summed E-state index contributed by atoms with van der Waals surface area (Å²) in [6.45, 7) is 8.21. The maximum absolute atomic E-state index is 12.8. The molecule has 1 aliphatic heterocycles. The number of aryl methyl sites for hydroxylation is 1. The molecule has 2 amide bonds. The summed E-state index contributed by atoms with van der Waals surface area (Å²) in [6.07, 6.45) is 1.05. The van der Waals surface area contributed by atoms with E-state index < -0.39 is 11.2 Å². The summed E-state index contributed by atoms with van der Waals surface area (Å²) in [5.41, 5.74) is 1.64. The summed E-state index contributed by atoms with van der Waals surface area (Å²) in [7, 11) is 1.65. The van der Waals surface area contributed by atoms with Crippen molar-refractivity contribution < 1.29 is 14.0 Å². The van der Waals surface area contributed by atoms with E-state index in [0.717, 1.165) is 12.0 Å². The maximum atomic E-state index is 12.8. The molecule has 0 aliphatic carbocycles. The second kappa shape index (κ2) is 7.21. The number of amides is 2. The highest BCUT2D eigenvalue weighted by atomic mass is 16.4. The van der Waals surface area contributed by atoms with Crippen molar-refractivity contribution in [3.05, 3.63) is 34.3 Å². The van der Waals surface area contributed by atoms with E-state index in [1.807, 2.05) is 42.7 Å². The second-order valence-corrected chi connectivity index (χ2v) is 8.18. The minimum absolute atomic E-state index is 0.0351. The van der Waals surface area contributed by atoms with Crippen LogP contribution in [0.2, 0.25) is 0 Å². The van der Waals surface area contributed by atoms with Crippen molar-refractivity contribution >= 4 is 22.9 Å². The minimum Gasteiger partial charge on any atom is -0.408 e. The number of hydrogen-bond acceptors (Lipinski definition) is 4. The first-order chi connectivity index (χ1) is 12.7. The van der Waals surface area contributed by atoms with Crippen LogP contribution in [0.4, 0.5) is 0 Å². The summed E-state index contributed by atoms with van der Waals surface area (Å²) in [4.78, 5) is 40.5. The van der Waals surface area contributed by atoms with E-state index in [-0.39, 0.29) is 18.2 Å². The number of benzene rings is 1. The molecule has 0 saturated carbocycles. The third-order valence-corrected chi connectivity index (χ3v) is 4.99. The van der Waals surface area contributed by atoms with Crippen LogP contribution in [0.15, 0.2) is 27.4 Å². The molecule has 7 nitrogen and oxygen atoms in total. The lowest BCUT2D eigenvalue weighted by Crippen LogP contribution is -2.42. The first-order valence-corrected chi connectivity index (χ1v) is 9.32. The van der Waals surface area contributed by atoms with Gasteiger partial charge in [-0.2, -0.15) is 0 Å². The Kier molecular flexibility index (Phi) is 5.13. The number of carbonyl (C=O) groups excluding carboxylic acids is 2. The normalized spacial score (nSPS) is 15.9. The number of carbonyl (C=O) groups is 2. The van der Waals surface area contributed by atoms with Crippen LogP contribution in [0.1, 0.15) is 32.8 Å². The lowest BCUT2D eigenvalue weighted by Gasteiger charge is -2.28. The number of fused-ring (bicyclic) bond motifs is 1. The van der Waals surface area contributed by atoms with Gasteiger partial charge in [0.1, 0.15) is 0 Å². The predicted octanol–water partition coefficient (Wildman–Crippen LogP) is 1.78. The molecule has 7 heteroatoms. The van der Waals surface area contributed by atoms with Gasteiger partial charge in [-0.1, -0.05) is 26.8 Å². The highest BCUT2D eigenvalue weighted by Gasteiger charge is 2.29. The monoisotopic (exact) mass is 373 g/mol. The quantitative estimate of drug-likeness (QED) is 0.804. The van der Waals surface area contributed by atoms with Crippen LogP contribution in [0.25, 0.3) is 11.1 Å². The average Bonchev–Trinajstić information content (AvgIpc) is 2.79. The lowest BCUT2D eigenvalue weighted by molar-refractivity contribution is -0.139. The van der Waals surface area contributed by atoms with E-state index >= 15 is 0 Å². The van der Waals surface area contributed by atoms with Crippen LogP contribution >= 0.6 is 0 Å². The van der Waals surface area contributed by atoms with E-state index in [1.165, 1.54) is 4.57 Å². The van der Waals surface area contributed by atoms with Crippen molar-refractivity contribution in [2.75, 3.05) is 26.2 Å². The molecule has 3 rings (SSSR count). The number of aromatic nitrogens is 1. The van der Waals surface area contributed by atoms with Gasteiger partial charge >= 0.3 is 5.76 Å². The molecule has 1 saturated heterocycles. The molecule has 0 unspecified atom stereocenters. The molecule has 1 aliphatic rings. The SMILES string of the molecule is Cn1c(=O)oc2ccc(CC(=O)N3CCCN(C(=O)C(C)(C)C)CC3)cc21. The van der Waals surface area contributed by atoms with Crippen LogP contribution in [0.5, 0.6) is 0 Å². The molecular formula is C20H27N3O4. The van der Waals surface area contributed by atoms with E-state index in [1.54, 1.807) is 13.1 Å². The summed E-state index contributed by atoms with van der Waals surface area (Å²) < 4.78 is 6.56. The van der Waals surface area contributed by atoms with Crippen molar-refractivity contribution in [1.82, 2.24) is 14.4 Å². The number of hydrogen-bond donors (Lipinski definition) is 0. The van der Waals surface area contributed by atoms with Crippen molar-refractivity contribution in [3.8, 4) is 0 Å². The van der Waals surface area contributed by atoms with Gasteiger partial charge in [0, 0.05) is 38.6 Å². The Morgan fingerprint density at radius 1 is 1.07 bits per heavy atom.